The molecule has 0 spiro atoms. The number of carboxylic acids is 1. The predicted molar refractivity (Wildman–Crippen MR) is 78.2 cm³/mol. The smallest absolute Gasteiger partial charge is 0.324 e. The molecule has 0 aromatic carbocycles. The van der Waals surface area contributed by atoms with E-state index in [1.54, 1.807) is 0 Å². The van der Waals surface area contributed by atoms with Crippen molar-refractivity contribution >= 4 is 17.7 Å². The Balaban J connectivity index is 2.49. The zero-order valence-electron chi connectivity index (χ0n) is 11.9. The van der Waals surface area contributed by atoms with Crippen LogP contribution in [0.4, 0.5) is 0 Å². The molecule has 2 unspecified atom stereocenters. The minimum Gasteiger partial charge on any atom is -0.480 e. The number of aliphatic carboxylic acids is 1. The summed E-state index contributed by atoms with van der Waals surface area (Å²) in [6, 6.07) is 0. The molecular formula is C14H27NO2S. The molecule has 1 fully saturated rings. The number of likely N-dealkylation sites (N-methyl/N-ethyl adjacent to an activating group) is 1. The molecule has 2 N–H and O–H groups in total. The van der Waals surface area contributed by atoms with Crippen molar-refractivity contribution in [2.45, 2.75) is 52.0 Å². The second kappa shape index (κ2) is 7.39. The fourth-order valence-electron chi connectivity index (χ4n) is 2.92. The van der Waals surface area contributed by atoms with Crippen LogP contribution in [0.5, 0.6) is 0 Å². The van der Waals surface area contributed by atoms with E-state index in [0.717, 1.165) is 43.9 Å². The van der Waals surface area contributed by atoms with Gasteiger partial charge in [-0.05, 0) is 49.1 Å². The van der Waals surface area contributed by atoms with Gasteiger partial charge in [0.1, 0.15) is 5.54 Å². The van der Waals surface area contributed by atoms with Gasteiger partial charge in [0.25, 0.3) is 0 Å². The Bertz CT molecular complexity index is 271. The van der Waals surface area contributed by atoms with Crippen molar-refractivity contribution in [2.75, 3.05) is 18.1 Å². The van der Waals surface area contributed by atoms with Crippen molar-refractivity contribution in [1.29, 1.82) is 0 Å². The van der Waals surface area contributed by atoms with Gasteiger partial charge in [-0.15, -0.1) is 0 Å². The number of rotatable bonds is 8. The average molecular weight is 273 g/mol. The summed E-state index contributed by atoms with van der Waals surface area (Å²) < 4.78 is 0. The molecule has 0 radical (unpaired) electrons. The predicted octanol–water partition coefficient (Wildman–Crippen LogP) is 3.00. The zero-order valence-corrected chi connectivity index (χ0v) is 12.7. The van der Waals surface area contributed by atoms with Crippen LogP contribution in [0.15, 0.2) is 0 Å². The van der Waals surface area contributed by atoms with Gasteiger partial charge in [-0.3, -0.25) is 4.79 Å². The Morgan fingerprint density at radius 2 is 2.28 bits per heavy atom. The number of hydrogen-bond donors (Lipinski definition) is 2. The van der Waals surface area contributed by atoms with E-state index in [0.29, 0.717) is 5.92 Å². The first-order valence-electron chi connectivity index (χ1n) is 7.09. The maximum absolute atomic E-state index is 11.6. The van der Waals surface area contributed by atoms with Crippen molar-refractivity contribution < 1.29 is 9.90 Å². The van der Waals surface area contributed by atoms with Crippen LogP contribution in [-0.2, 0) is 4.79 Å². The largest absolute Gasteiger partial charge is 0.480 e. The lowest BCUT2D eigenvalue weighted by molar-refractivity contribution is -0.146. The molecule has 18 heavy (non-hydrogen) atoms. The van der Waals surface area contributed by atoms with Crippen molar-refractivity contribution in [1.82, 2.24) is 5.32 Å². The highest BCUT2D eigenvalue weighted by atomic mass is 32.2. The van der Waals surface area contributed by atoms with Crippen LogP contribution in [-0.4, -0.2) is 34.7 Å². The van der Waals surface area contributed by atoms with E-state index in [1.807, 2.05) is 18.7 Å². The number of thioether (sulfide) groups is 1. The fourth-order valence-corrected chi connectivity index (χ4v) is 4.01. The summed E-state index contributed by atoms with van der Waals surface area (Å²) in [6.07, 6.45) is 3.91. The van der Waals surface area contributed by atoms with Gasteiger partial charge < -0.3 is 10.4 Å². The molecule has 0 heterocycles. The summed E-state index contributed by atoms with van der Waals surface area (Å²) in [5.74, 6) is 2.63. The van der Waals surface area contributed by atoms with Gasteiger partial charge in [0.2, 0.25) is 0 Å². The number of carboxylic acid groups (broad SMARTS) is 1. The molecule has 1 saturated carbocycles. The highest BCUT2D eigenvalue weighted by Gasteiger charge is 2.48. The van der Waals surface area contributed by atoms with E-state index in [1.165, 1.54) is 5.75 Å². The van der Waals surface area contributed by atoms with Crippen LogP contribution in [0.3, 0.4) is 0 Å². The molecular weight excluding hydrogens is 246 g/mol. The minimum absolute atomic E-state index is 0.301. The quantitative estimate of drug-likeness (QED) is 0.668. The molecule has 106 valence electrons. The van der Waals surface area contributed by atoms with E-state index >= 15 is 0 Å². The van der Waals surface area contributed by atoms with Gasteiger partial charge in [0.05, 0.1) is 0 Å². The average Bonchev–Trinajstić information content (AvgIpc) is 2.69. The summed E-state index contributed by atoms with van der Waals surface area (Å²) in [6.45, 7) is 7.18. The Morgan fingerprint density at radius 3 is 2.83 bits per heavy atom. The molecule has 0 saturated heterocycles. The molecule has 0 aliphatic heterocycles. The summed E-state index contributed by atoms with van der Waals surface area (Å²) in [7, 11) is 0. The standard InChI is InChI=1S/C14H27NO2S/c1-4-15-14(13(16)17)8-5-6-12(14)7-9-18-10-11(2)3/h11-12,15H,4-10H2,1-3H3,(H,16,17). The van der Waals surface area contributed by atoms with Crippen molar-refractivity contribution in [3.8, 4) is 0 Å². The Kier molecular flexibility index (Phi) is 6.50. The second-order valence-electron chi connectivity index (χ2n) is 5.65. The molecule has 0 aromatic rings. The van der Waals surface area contributed by atoms with Crippen molar-refractivity contribution in [3.05, 3.63) is 0 Å². The summed E-state index contributed by atoms with van der Waals surface area (Å²) >= 11 is 1.96. The number of nitrogens with one attached hydrogen (secondary N) is 1. The normalized spacial score (nSPS) is 27.9. The molecule has 1 rings (SSSR count). The topological polar surface area (TPSA) is 49.3 Å². The van der Waals surface area contributed by atoms with E-state index in [-0.39, 0.29) is 0 Å². The third-order valence-corrected chi connectivity index (χ3v) is 5.18. The molecule has 3 nitrogen and oxygen atoms in total. The van der Waals surface area contributed by atoms with Crippen LogP contribution in [0.25, 0.3) is 0 Å². The van der Waals surface area contributed by atoms with E-state index < -0.39 is 11.5 Å². The van der Waals surface area contributed by atoms with E-state index in [9.17, 15) is 9.90 Å². The Morgan fingerprint density at radius 1 is 1.56 bits per heavy atom. The van der Waals surface area contributed by atoms with Gasteiger partial charge in [0, 0.05) is 0 Å². The SMILES string of the molecule is CCNC1(C(=O)O)CCCC1CCSCC(C)C. The molecule has 1 aliphatic rings. The minimum atomic E-state index is -0.652. The van der Waals surface area contributed by atoms with Gasteiger partial charge >= 0.3 is 5.97 Å². The van der Waals surface area contributed by atoms with Gasteiger partial charge in [-0.2, -0.15) is 11.8 Å². The lowest BCUT2D eigenvalue weighted by Crippen LogP contribution is -2.54. The first kappa shape index (κ1) is 15.8. The zero-order chi connectivity index (χ0) is 13.6. The van der Waals surface area contributed by atoms with Crippen LogP contribution in [0.1, 0.15) is 46.5 Å². The monoisotopic (exact) mass is 273 g/mol. The van der Waals surface area contributed by atoms with E-state index in [2.05, 4.69) is 19.2 Å². The Labute approximate surface area is 115 Å². The van der Waals surface area contributed by atoms with Crippen molar-refractivity contribution in [3.63, 3.8) is 0 Å². The molecule has 0 amide bonds. The van der Waals surface area contributed by atoms with Crippen molar-refractivity contribution in [2.24, 2.45) is 11.8 Å². The highest BCUT2D eigenvalue weighted by Crippen LogP contribution is 2.39. The molecule has 4 heteroatoms. The summed E-state index contributed by atoms with van der Waals surface area (Å²) in [5, 5.41) is 12.8. The summed E-state index contributed by atoms with van der Waals surface area (Å²) in [4.78, 5) is 11.6. The lowest BCUT2D eigenvalue weighted by atomic mass is 9.85. The molecule has 1 aliphatic carbocycles. The van der Waals surface area contributed by atoms with Crippen LogP contribution in [0.2, 0.25) is 0 Å². The van der Waals surface area contributed by atoms with Gasteiger partial charge in [-0.25, -0.2) is 0 Å². The maximum atomic E-state index is 11.6. The second-order valence-corrected chi connectivity index (χ2v) is 6.80. The fraction of sp³-hybridized carbons (Fsp3) is 0.929. The Hall–Kier alpha value is -0.220. The van der Waals surface area contributed by atoms with Gasteiger partial charge in [-0.1, -0.05) is 27.2 Å². The first-order valence-corrected chi connectivity index (χ1v) is 8.24. The lowest BCUT2D eigenvalue weighted by Gasteiger charge is -2.32. The summed E-state index contributed by atoms with van der Waals surface area (Å²) in [5.41, 5.74) is -0.646. The molecule has 0 bridgehead atoms. The number of hydrogen-bond acceptors (Lipinski definition) is 3. The molecule has 2 atom stereocenters. The van der Waals surface area contributed by atoms with Crippen LogP contribution < -0.4 is 5.32 Å². The first-order chi connectivity index (χ1) is 8.53. The highest BCUT2D eigenvalue weighted by molar-refractivity contribution is 7.99. The van der Waals surface area contributed by atoms with Crippen LogP contribution in [0, 0.1) is 11.8 Å². The van der Waals surface area contributed by atoms with E-state index in [4.69, 9.17) is 0 Å². The third kappa shape index (κ3) is 3.89. The third-order valence-electron chi connectivity index (χ3n) is 3.76. The molecule has 0 aromatic heterocycles. The maximum Gasteiger partial charge on any atom is 0.324 e. The number of carbonyl (C=O) groups is 1. The van der Waals surface area contributed by atoms with Crippen LogP contribution >= 0.6 is 11.8 Å². The van der Waals surface area contributed by atoms with Gasteiger partial charge in [0.15, 0.2) is 0 Å².